The van der Waals surface area contributed by atoms with Gasteiger partial charge in [-0.2, -0.15) is 0 Å². The van der Waals surface area contributed by atoms with Crippen LogP contribution in [0.3, 0.4) is 0 Å². The lowest BCUT2D eigenvalue weighted by atomic mass is 9.90. The van der Waals surface area contributed by atoms with Gasteiger partial charge < -0.3 is 0 Å². The third-order valence-corrected chi connectivity index (χ3v) is 7.95. The van der Waals surface area contributed by atoms with Crippen molar-refractivity contribution in [2.75, 3.05) is 0 Å². The van der Waals surface area contributed by atoms with E-state index in [9.17, 15) is 0 Å². The normalized spacial score (nSPS) is 12.3. The number of hydrogen-bond acceptors (Lipinski definition) is 2. The van der Waals surface area contributed by atoms with Gasteiger partial charge in [0.25, 0.3) is 0 Å². The van der Waals surface area contributed by atoms with Crippen LogP contribution in [0.25, 0.3) is 11.1 Å². The van der Waals surface area contributed by atoms with Gasteiger partial charge in [-0.1, -0.05) is 83.7 Å². The fourth-order valence-electron chi connectivity index (χ4n) is 5.43. The Labute approximate surface area is 238 Å². The molecule has 0 amide bonds. The number of unbranched alkanes of at least 4 members (excludes halogenated alkanes) is 4. The van der Waals surface area contributed by atoms with Crippen LogP contribution in [0, 0.1) is 13.8 Å². The van der Waals surface area contributed by atoms with Crippen LogP contribution in [-0.4, -0.2) is 11.4 Å². The summed E-state index contributed by atoms with van der Waals surface area (Å²) >= 11 is 0. The van der Waals surface area contributed by atoms with Crippen molar-refractivity contribution in [1.82, 2.24) is 0 Å². The van der Waals surface area contributed by atoms with E-state index in [0.29, 0.717) is 0 Å². The van der Waals surface area contributed by atoms with Gasteiger partial charge in [-0.15, -0.1) is 0 Å². The third-order valence-electron chi connectivity index (χ3n) is 7.95. The number of aliphatic imine (C=N–C) groups is 2. The monoisotopic (exact) mass is 522 g/mol. The zero-order chi connectivity index (χ0) is 28.2. The molecule has 39 heavy (non-hydrogen) atoms. The van der Waals surface area contributed by atoms with Crippen LogP contribution in [0.5, 0.6) is 0 Å². The van der Waals surface area contributed by atoms with E-state index < -0.39 is 0 Å². The Bertz CT molecular complexity index is 1260. The number of nitrogens with zero attached hydrogens (tertiary/aromatic N) is 2. The molecule has 2 nitrogen and oxygen atoms in total. The average molecular weight is 523 g/mol. The van der Waals surface area contributed by atoms with Crippen molar-refractivity contribution in [2.45, 2.75) is 113 Å². The Morgan fingerprint density at radius 1 is 0.692 bits per heavy atom. The molecule has 3 aromatic rings. The summed E-state index contributed by atoms with van der Waals surface area (Å²) in [5, 5.41) is 0. The number of hydrogen-bond donors (Lipinski definition) is 0. The van der Waals surface area contributed by atoms with Crippen LogP contribution in [0.4, 0.5) is 11.4 Å². The van der Waals surface area contributed by atoms with E-state index in [1.165, 1.54) is 77.5 Å². The van der Waals surface area contributed by atoms with E-state index in [4.69, 9.17) is 9.98 Å². The molecule has 2 heteroatoms. The largest absolute Gasteiger partial charge is 0.252 e. The quantitative estimate of drug-likeness (QED) is 0.148. The molecule has 0 aliphatic heterocycles. The topological polar surface area (TPSA) is 24.7 Å². The standard InChI is InChI=1S/C37H50N2/c1-8-12-14-16-21-32-25-33(23-27(5)28(32)6)39-37(11-4)29(7)38-34-24-30(10-3)35(22-13-9-2)36(26-34)31-19-17-15-18-20-31/h15,17-20,23-26H,8-14,16,21-22H2,1-7H3. The number of aryl methyl sites for hydroxylation is 3. The molecule has 0 heterocycles. The fourth-order valence-corrected chi connectivity index (χ4v) is 5.43. The minimum atomic E-state index is 0.856. The smallest absolute Gasteiger partial charge is 0.0642 e. The van der Waals surface area contributed by atoms with E-state index in [1.54, 1.807) is 0 Å². The molecule has 208 valence electrons. The summed E-state index contributed by atoms with van der Waals surface area (Å²) in [6.07, 6.45) is 11.7. The third kappa shape index (κ3) is 8.49. The lowest BCUT2D eigenvalue weighted by Gasteiger charge is -2.16. The molecular weight excluding hydrogens is 472 g/mol. The minimum Gasteiger partial charge on any atom is -0.252 e. The summed E-state index contributed by atoms with van der Waals surface area (Å²) in [5.74, 6) is 0. The number of benzene rings is 3. The molecule has 0 unspecified atom stereocenters. The fraction of sp³-hybridized carbons (Fsp3) is 0.459. The zero-order valence-corrected chi connectivity index (χ0v) is 25.7. The van der Waals surface area contributed by atoms with Gasteiger partial charge in [0.05, 0.1) is 22.8 Å². The first kappa shape index (κ1) is 30.5. The Morgan fingerprint density at radius 2 is 1.38 bits per heavy atom. The Balaban J connectivity index is 2.00. The van der Waals surface area contributed by atoms with E-state index >= 15 is 0 Å². The minimum absolute atomic E-state index is 0.856. The van der Waals surface area contributed by atoms with Crippen molar-refractivity contribution >= 4 is 22.8 Å². The molecule has 0 bridgehead atoms. The number of rotatable bonds is 14. The highest BCUT2D eigenvalue weighted by molar-refractivity contribution is 6.42. The predicted molar refractivity (Wildman–Crippen MR) is 174 cm³/mol. The van der Waals surface area contributed by atoms with Crippen LogP contribution in [0.2, 0.25) is 0 Å². The van der Waals surface area contributed by atoms with Gasteiger partial charge >= 0.3 is 0 Å². The molecule has 0 N–H and O–H groups in total. The van der Waals surface area contributed by atoms with Crippen molar-refractivity contribution in [3.05, 3.63) is 82.4 Å². The van der Waals surface area contributed by atoms with Gasteiger partial charge in [0, 0.05) is 0 Å². The molecular formula is C37H50N2. The van der Waals surface area contributed by atoms with Crippen molar-refractivity contribution in [1.29, 1.82) is 0 Å². The van der Waals surface area contributed by atoms with Gasteiger partial charge in [0.1, 0.15) is 0 Å². The highest BCUT2D eigenvalue weighted by Crippen LogP contribution is 2.33. The van der Waals surface area contributed by atoms with Crippen LogP contribution in [-0.2, 0) is 19.3 Å². The molecule has 3 aromatic carbocycles. The van der Waals surface area contributed by atoms with E-state index in [1.807, 2.05) is 0 Å². The van der Waals surface area contributed by atoms with Crippen LogP contribution < -0.4 is 0 Å². The molecule has 0 radical (unpaired) electrons. The SMILES string of the molecule is CCCCCCc1cc(N=C(CC)C(C)=Nc2cc(CC)c(CCCC)c(-c3ccccc3)c2)cc(C)c1C. The lowest BCUT2D eigenvalue weighted by Crippen LogP contribution is -2.09. The molecule has 0 atom stereocenters. The second-order valence-electron chi connectivity index (χ2n) is 10.9. The molecule has 0 spiro atoms. The van der Waals surface area contributed by atoms with Gasteiger partial charge in [0.2, 0.25) is 0 Å². The second-order valence-corrected chi connectivity index (χ2v) is 10.9. The van der Waals surface area contributed by atoms with Crippen molar-refractivity contribution in [2.24, 2.45) is 9.98 Å². The van der Waals surface area contributed by atoms with Crippen LogP contribution in [0.15, 0.2) is 64.6 Å². The molecule has 0 saturated heterocycles. The zero-order valence-electron chi connectivity index (χ0n) is 25.7. The molecule has 0 aliphatic rings. The summed E-state index contributed by atoms with van der Waals surface area (Å²) in [4.78, 5) is 10.3. The average Bonchev–Trinajstić information content (AvgIpc) is 2.95. The van der Waals surface area contributed by atoms with E-state index in [-0.39, 0.29) is 0 Å². The summed E-state index contributed by atoms with van der Waals surface area (Å²) in [6.45, 7) is 15.6. The Hall–Kier alpha value is -3.00. The highest BCUT2D eigenvalue weighted by atomic mass is 14.8. The molecule has 0 aromatic heterocycles. The summed E-state index contributed by atoms with van der Waals surface area (Å²) in [5.41, 5.74) is 13.8. The first-order valence-corrected chi connectivity index (χ1v) is 15.4. The molecule has 0 fully saturated rings. The van der Waals surface area contributed by atoms with Crippen LogP contribution >= 0.6 is 0 Å². The highest BCUT2D eigenvalue weighted by Gasteiger charge is 2.13. The first-order chi connectivity index (χ1) is 18.9. The van der Waals surface area contributed by atoms with E-state index in [2.05, 4.69) is 103 Å². The molecule has 3 rings (SSSR count). The summed E-state index contributed by atoms with van der Waals surface area (Å²) in [7, 11) is 0. The van der Waals surface area contributed by atoms with Crippen molar-refractivity contribution in [3.63, 3.8) is 0 Å². The van der Waals surface area contributed by atoms with Crippen molar-refractivity contribution in [3.8, 4) is 11.1 Å². The predicted octanol–water partition coefficient (Wildman–Crippen LogP) is 11.3. The Morgan fingerprint density at radius 3 is 2.05 bits per heavy atom. The second kappa shape index (κ2) is 15.6. The van der Waals surface area contributed by atoms with Crippen molar-refractivity contribution < 1.29 is 0 Å². The van der Waals surface area contributed by atoms with Gasteiger partial charge in [-0.3, -0.25) is 9.98 Å². The summed E-state index contributed by atoms with van der Waals surface area (Å²) in [6, 6.07) is 20.0. The molecule has 0 saturated carbocycles. The Kier molecular flexibility index (Phi) is 12.2. The van der Waals surface area contributed by atoms with Crippen LogP contribution in [0.1, 0.15) is 107 Å². The maximum absolute atomic E-state index is 5.16. The molecule has 0 aliphatic carbocycles. The van der Waals surface area contributed by atoms with Gasteiger partial charge in [-0.25, -0.2) is 0 Å². The lowest BCUT2D eigenvalue weighted by molar-refractivity contribution is 0.665. The maximum Gasteiger partial charge on any atom is 0.0642 e. The maximum atomic E-state index is 5.16. The van der Waals surface area contributed by atoms with Gasteiger partial charge in [0.15, 0.2) is 0 Å². The first-order valence-electron chi connectivity index (χ1n) is 15.4. The van der Waals surface area contributed by atoms with Gasteiger partial charge in [-0.05, 0) is 123 Å². The summed E-state index contributed by atoms with van der Waals surface area (Å²) < 4.78 is 0. The van der Waals surface area contributed by atoms with E-state index in [0.717, 1.165) is 48.5 Å².